The molecule has 2 nitrogen and oxygen atoms in total. The Hall–Kier alpha value is -1.36. The van der Waals surface area contributed by atoms with Crippen LogP contribution in [0.5, 0.6) is 0 Å². The number of Topliss-reactive ketones (excluding diaryl/α,β-unsaturated/α-hetero) is 1. The first-order valence-corrected chi connectivity index (χ1v) is 4.82. The summed E-state index contributed by atoms with van der Waals surface area (Å²) >= 11 is 0. The number of hydrogen-bond donors (Lipinski definition) is 1. The maximum absolute atomic E-state index is 12.2. The van der Waals surface area contributed by atoms with Crippen LogP contribution in [0.2, 0.25) is 0 Å². The molecule has 0 aliphatic carbocycles. The summed E-state index contributed by atoms with van der Waals surface area (Å²) < 4.78 is 36.7. The highest BCUT2D eigenvalue weighted by Crippen LogP contribution is 2.23. The quantitative estimate of drug-likeness (QED) is 0.808. The number of rotatable bonds is 4. The van der Waals surface area contributed by atoms with Crippen molar-refractivity contribution < 1.29 is 18.0 Å². The van der Waals surface area contributed by atoms with Crippen LogP contribution >= 0.6 is 0 Å². The highest BCUT2D eigenvalue weighted by atomic mass is 19.4. The van der Waals surface area contributed by atoms with E-state index in [9.17, 15) is 18.0 Å². The van der Waals surface area contributed by atoms with Crippen molar-refractivity contribution >= 4 is 5.78 Å². The van der Waals surface area contributed by atoms with Crippen LogP contribution in [-0.4, -0.2) is 18.5 Å². The summed E-state index contributed by atoms with van der Waals surface area (Å²) in [5.41, 5.74) is 5.32. The van der Waals surface area contributed by atoms with Gasteiger partial charge in [0.25, 0.3) is 0 Å². The Bertz CT molecular complexity index is 374. The average molecular weight is 231 g/mol. The number of carbonyl (C=O) groups is 1. The topological polar surface area (TPSA) is 43.1 Å². The summed E-state index contributed by atoms with van der Waals surface area (Å²) in [5.74, 6) is -0.345. The number of alkyl halides is 3. The molecule has 0 unspecified atom stereocenters. The number of hydrogen-bond acceptors (Lipinski definition) is 2. The normalized spacial score (nSPS) is 11.5. The summed E-state index contributed by atoms with van der Waals surface area (Å²) in [7, 11) is 0. The van der Waals surface area contributed by atoms with Gasteiger partial charge in [-0.25, -0.2) is 0 Å². The highest BCUT2D eigenvalue weighted by Gasteiger charge is 2.29. The lowest BCUT2D eigenvalue weighted by Gasteiger charge is -2.10. The molecule has 0 amide bonds. The van der Waals surface area contributed by atoms with Crippen LogP contribution in [0, 0.1) is 0 Å². The van der Waals surface area contributed by atoms with Gasteiger partial charge in [0.15, 0.2) is 5.78 Å². The maximum Gasteiger partial charge on any atom is 0.393 e. The van der Waals surface area contributed by atoms with Crippen LogP contribution < -0.4 is 5.73 Å². The molecule has 1 aromatic carbocycles. The van der Waals surface area contributed by atoms with Crippen molar-refractivity contribution in [1.29, 1.82) is 0 Å². The molecule has 0 aromatic heterocycles. The highest BCUT2D eigenvalue weighted by molar-refractivity contribution is 5.97. The van der Waals surface area contributed by atoms with E-state index >= 15 is 0 Å². The Balaban J connectivity index is 2.96. The predicted molar refractivity (Wildman–Crippen MR) is 54.2 cm³/mol. The van der Waals surface area contributed by atoms with Crippen LogP contribution in [0.1, 0.15) is 22.3 Å². The maximum atomic E-state index is 12.2. The van der Waals surface area contributed by atoms with Crippen molar-refractivity contribution in [3.05, 3.63) is 35.4 Å². The van der Waals surface area contributed by atoms with Gasteiger partial charge < -0.3 is 5.73 Å². The molecule has 16 heavy (non-hydrogen) atoms. The zero-order valence-electron chi connectivity index (χ0n) is 8.55. The van der Waals surface area contributed by atoms with E-state index in [4.69, 9.17) is 5.73 Å². The monoisotopic (exact) mass is 231 g/mol. The lowest BCUT2D eigenvalue weighted by molar-refractivity contribution is -0.127. The van der Waals surface area contributed by atoms with E-state index in [1.807, 2.05) is 0 Å². The molecule has 0 heterocycles. The summed E-state index contributed by atoms with van der Waals surface area (Å²) in [6.45, 7) is 0.138. The van der Waals surface area contributed by atoms with E-state index in [1.165, 1.54) is 18.2 Å². The van der Waals surface area contributed by atoms with Crippen LogP contribution in [0.3, 0.4) is 0 Å². The Kier molecular flexibility index (Phi) is 4.06. The molecule has 2 N–H and O–H groups in total. The van der Waals surface area contributed by atoms with Gasteiger partial charge in [0.2, 0.25) is 0 Å². The van der Waals surface area contributed by atoms with Crippen molar-refractivity contribution in [3.8, 4) is 0 Å². The van der Waals surface area contributed by atoms with Crippen molar-refractivity contribution in [2.24, 2.45) is 5.73 Å². The molecule has 0 atom stereocenters. The molecule has 5 heteroatoms. The molecule has 0 radical (unpaired) electrons. The standard InChI is InChI=1S/C11H12F3NO/c12-11(13,14)7-8-3-1-2-4-9(8)10(16)5-6-15/h1-4H,5-7,15H2. The molecule has 0 aliphatic rings. The Labute approximate surface area is 91.3 Å². The second kappa shape index (κ2) is 5.12. The third kappa shape index (κ3) is 3.66. The van der Waals surface area contributed by atoms with Crippen LogP contribution in [0.4, 0.5) is 13.2 Å². The average Bonchev–Trinajstić information content (AvgIpc) is 2.16. The zero-order valence-corrected chi connectivity index (χ0v) is 8.55. The number of benzene rings is 1. The molecule has 88 valence electrons. The minimum absolute atomic E-state index is 0.00782. The van der Waals surface area contributed by atoms with Gasteiger partial charge in [-0.05, 0) is 12.1 Å². The van der Waals surface area contributed by atoms with Crippen LogP contribution in [-0.2, 0) is 6.42 Å². The second-order valence-corrected chi connectivity index (χ2v) is 3.41. The molecule has 1 rings (SSSR count). The lowest BCUT2D eigenvalue weighted by atomic mass is 9.99. The number of carbonyl (C=O) groups excluding carboxylic acids is 1. The second-order valence-electron chi connectivity index (χ2n) is 3.41. The van der Waals surface area contributed by atoms with Crippen molar-refractivity contribution in [1.82, 2.24) is 0 Å². The predicted octanol–water partition coefficient (Wildman–Crippen LogP) is 2.32. The smallest absolute Gasteiger partial charge is 0.330 e. The van der Waals surface area contributed by atoms with Crippen LogP contribution in [0.15, 0.2) is 24.3 Å². The van der Waals surface area contributed by atoms with Crippen LogP contribution in [0.25, 0.3) is 0 Å². The molecule has 0 saturated carbocycles. The van der Waals surface area contributed by atoms with Gasteiger partial charge >= 0.3 is 6.18 Å². The fourth-order valence-corrected chi connectivity index (χ4v) is 1.43. The summed E-state index contributed by atoms with van der Waals surface area (Å²) in [5, 5.41) is 0. The van der Waals surface area contributed by atoms with Gasteiger partial charge in [-0.15, -0.1) is 0 Å². The van der Waals surface area contributed by atoms with E-state index in [1.54, 1.807) is 6.07 Å². The molecule has 0 aliphatic heterocycles. The Morgan fingerprint density at radius 1 is 1.25 bits per heavy atom. The van der Waals surface area contributed by atoms with Crippen molar-refractivity contribution in [2.75, 3.05) is 6.54 Å². The van der Waals surface area contributed by atoms with Gasteiger partial charge in [0, 0.05) is 12.0 Å². The molecule has 1 aromatic rings. The summed E-state index contributed by atoms with van der Waals surface area (Å²) in [6, 6.07) is 5.75. The van der Waals surface area contributed by atoms with Gasteiger partial charge in [-0.2, -0.15) is 13.2 Å². The number of ketones is 1. The molecule has 0 fully saturated rings. The summed E-state index contributed by atoms with van der Waals surface area (Å²) in [6.07, 6.45) is -5.33. The third-order valence-corrected chi connectivity index (χ3v) is 2.08. The van der Waals surface area contributed by atoms with E-state index < -0.39 is 12.6 Å². The first-order valence-electron chi connectivity index (χ1n) is 4.82. The number of halogens is 3. The Morgan fingerprint density at radius 3 is 2.44 bits per heavy atom. The third-order valence-electron chi connectivity index (χ3n) is 2.08. The van der Waals surface area contributed by atoms with Gasteiger partial charge in [0.1, 0.15) is 0 Å². The SMILES string of the molecule is NCCC(=O)c1ccccc1CC(F)(F)F. The van der Waals surface area contributed by atoms with E-state index in [-0.39, 0.29) is 29.9 Å². The molecule has 0 spiro atoms. The fraction of sp³-hybridized carbons (Fsp3) is 0.364. The molecular formula is C11H12F3NO. The molecular weight excluding hydrogens is 219 g/mol. The summed E-state index contributed by atoms with van der Waals surface area (Å²) in [4.78, 5) is 11.5. The lowest BCUT2D eigenvalue weighted by Crippen LogP contribution is -2.16. The largest absolute Gasteiger partial charge is 0.393 e. The van der Waals surface area contributed by atoms with Crippen molar-refractivity contribution in [2.45, 2.75) is 19.0 Å². The van der Waals surface area contributed by atoms with Gasteiger partial charge in [0.05, 0.1) is 6.42 Å². The van der Waals surface area contributed by atoms with E-state index in [2.05, 4.69) is 0 Å². The molecule has 0 bridgehead atoms. The van der Waals surface area contributed by atoms with Crippen molar-refractivity contribution in [3.63, 3.8) is 0 Å². The fourth-order valence-electron chi connectivity index (χ4n) is 1.43. The minimum Gasteiger partial charge on any atom is -0.330 e. The zero-order chi connectivity index (χ0) is 12.2. The van der Waals surface area contributed by atoms with Gasteiger partial charge in [-0.1, -0.05) is 24.3 Å². The minimum atomic E-state index is -4.31. The van der Waals surface area contributed by atoms with Gasteiger partial charge in [-0.3, -0.25) is 4.79 Å². The first kappa shape index (κ1) is 12.7. The van der Waals surface area contributed by atoms with E-state index in [0.717, 1.165) is 0 Å². The van der Waals surface area contributed by atoms with E-state index in [0.29, 0.717) is 0 Å². The number of nitrogens with two attached hydrogens (primary N) is 1. The molecule has 0 saturated heterocycles. The first-order chi connectivity index (χ1) is 7.44. The Morgan fingerprint density at radius 2 is 1.88 bits per heavy atom.